The first-order chi connectivity index (χ1) is 17.6. The van der Waals surface area contributed by atoms with Crippen LogP contribution < -0.4 is 14.2 Å². The Morgan fingerprint density at radius 3 is 2.24 bits per heavy atom. The molecule has 10 nitrogen and oxygen atoms in total. The van der Waals surface area contributed by atoms with Gasteiger partial charge in [0.15, 0.2) is 21.3 Å². The second kappa shape index (κ2) is 8.98. The molecule has 0 radical (unpaired) electrons. The van der Waals surface area contributed by atoms with E-state index < -0.39 is 21.9 Å². The maximum Gasteiger partial charge on any atom is 0.273 e. The molecule has 11 heteroatoms. The fraction of sp³-hybridized carbons (Fsp3) is 0.385. The first-order valence-electron chi connectivity index (χ1n) is 11.8. The van der Waals surface area contributed by atoms with Crippen LogP contribution in [-0.4, -0.2) is 73.4 Å². The van der Waals surface area contributed by atoms with Crippen LogP contribution in [0.2, 0.25) is 0 Å². The Bertz CT molecular complexity index is 1490. The molecular formula is C26H29N3O7S. The van der Waals surface area contributed by atoms with Gasteiger partial charge in [-0.25, -0.2) is 8.42 Å². The standard InChI is InChI=1S/C26H29N3O7S/c1-13-8-17(18(30)9-14(13)2)22-21-23(28-27-22)26(31)29(16-6-7-37(32,33)12-16)24(21)15-10-19(34-3)25(36-5)20(11-15)35-4/h8-11,16,24,30H,6-7,12H2,1-5H3,(H,27,28). The number of nitrogens with zero attached hydrogens (tertiary/aromatic N) is 2. The second-order valence-corrected chi connectivity index (χ2v) is 11.7. The topological polar surface area (TPSA) is 131 Å². The molecule has 2 N–H and O–H groups in total. The van der Waals surface area contributed by atoms with Gasteiger partial charge >= 0.3 is 0 Å². The third-order valence-corrected chi connectivity index (χ3v) is 9.03. The third-order valence-electron chi connectivity index (χ3n) is 7.28. The minimum Gasteiger partial charge on any atom is -0.507 e. The van der Waals surface area contributed by atoms with Gasteiger partial charge in [0.05, 0.1) is 38.9 Å². The predicted molar refractivity (Wildman–Crippen MR) is 136 cm³/mol. The predicted octanol–water partition coefficient (Wildman–Crippen LogP) is 3.16. The first-order valence-corrected chi connectivity index (χ1v) is 13.6. The molecule has 2 aliphatic rings. The van der Waals surface area contributed by atoms with E-state index in [1.807, 2.05) is 19.9 Å². The molecule has 2 aromatic carbocycles. The number of hydrogen-bond donors (Lipinski definition) is 2. The van der Waals surface area contributed by atoms with Gasteiger partial charge in [-0.1, -0.05) is 0 Å². The van der Waals surface area contributed by atoms with Crippen molar-refractivity contribution in [3.05, 3.63) is 52.2 Å². The average Bonchev–Trinajstić information content (AvgIpc) is 3.53. The highest BCUT2D eigenvalue weighted by molar-refractivity contribution is 7.91. The molecule has 2 unspecified atom stereocenters. The Morgan fingerprint density at radius 2 is 1.68 bits per heavy atom. The van der Waals surface area contributed by atoms with Crippen molar-refractivity contribution in [2.24, 2.45) is 0 Å². The molecule has 0 bridgehead atoms. The van der Waals surface area contributed by atoms with Gasteiger partial charge in [-0.15, -0.1) is 0 Å². The van der Waals surface area contributed by atoms with Crippen LogP contribution in [0.5, 0.6) is 23.0 Å². The number of benzene rings is 2. The molecule has 5 rings (SSSR count). The number of aromatic nitrogens is 2. The molecule has 37 heavy (non-hydrogen) atoms. The number of nitrogens with one attached hydrogen (secondary N) is 1. The summed E-state index contributed by atoms with van der Waals surface area (Å²) in [7, 11) is 1.23. The first kappa shape index (κ1) is 24.9. The van der Waals surface area contributed by atoms with E-state index in [9.17, 15) is 18.3 Å². The lowest BCUT2D eigenvalue weighted by molar-refractivity contribution is 0.0677. The van der Waals surface area contributed by atoms with E-state index in [0.29, 0.717) is 46.1 Å². The Kier molecular flexibility index (Phi) is 6.06. The zero-order valence-electron chi connectivity index (χ0n) is 21.3. The summed E-state index contributed by atoms with van der Waals surface area (Å²) < 4.78 is 41.4. The number of aromatic amines is 1. The van der Waals surface area contributed by atoms with Crippen molar-refractivity contribution >= 4 is 15.7 Å². The molecule has 3 aromatic rings. The Hall–Kier alpha value is -3.73. The number of H-pyrrole nitrogens is 1. The third kappa shape index (κ3) is 3.97. The number of methoxy groups -OCH3 is 3. The summed E-state index contributed by atoms with van der Waals surface area (Å²) >= 11 is 0. The molecule has 0 spiro atoms. The fourth-order valence-electron chi connectivity index (χ4n) is 5.32. The van der Waals surface area contributed by atoms with Crippen molar-refractivity contribution in [2.45, 2.75) is 32.4 Å². The van der Waals surface area contributed by atoms with Crippen molar-refractivity contribution in [1.29, 1.82) is 0 Å². The summed E-state index contributed by atoms with van der Waals surface area (Å²) in [6.45, 7) is 3.83. The second-order valence-electron chi connectivity index (χ2n) is 9.44. The number of phenolic OH excluding ortho intramolecular Hbond substituents is 1. The van der Waals surface area contributed by atoms with Gasteiger partial charge in [-0.2, -0.15) is 5.10 Å². The number of amides is 1. The SMILES string of the molecule is COc1cc(C2c3c(-c4cc(C)c(C)cc4O)n[nH]c3C(=O)N2C2CCS(=O)(=O)C2)cc(OC)c1OC. The van der Waals surface area contributed by atoms with Gasteiger partial charge in [0, 0.05) is 17.2 Å². The van der Waals surface area contributed by atoms with Crippen LogP contribution in [0.1, 0.15) is 45.2 Å². The highest BCUT2D eigenvalue weighted by Crippen LogP contribution is 2.49. The fourth-order valence-corrected chi connectivity index (χ4v) is 7.03. The molecule has 1 saturated heterocycles. The lowest BCUT2D eigenvalue weighted by Gasteiger charge is -2.31. The summed E-state index contributed by atoms with van der Waals surface area (Å²) in [5, 5.41) is 18.1. The highest BCUT2D eigenvalue weighted by Gasteiger charge is 2.48. The maximum absolute atomic E-state index is 13.8. The molecule has 3 heterocycles. The van der Waals surface area contributed by atoms with E-state index in [-0.39, 0.29) is 28.9 Å². The van der Waals surface area contributed by atoms with Crippen LogP contribution in [0.3, 0.4) is 0 Å². The van der Waals surface area contributed by atoms with Crippen LogP contribution in [-0.2, 0) is 9.84 Å². The highest BCUT2D eigenvalue weighted by atomic mass is 32.2. The molecule has 1 aromatic heterocycles. The largest absolute Gasteiger partial charge is 0.507 e. The van der Waals surface area contributed by atoms with E-state index in [1.165, 1.54) is 21.3 Å². The van der Waals surface area contributed by atoms with E-state index in [2.05, 4.69) is 10.2 Å². The number of carbonyl (C=O) groups is 1. The van der Waals surface area contributed by atoms with Crippen LogP contribution >= 0.6 is 0 Å². The number of aryl methyl sites for hydroxylation is 2. The number of rotatable bonds is 6. The minimum atomic E-state index is -3.28. The van der Waals surface area contributed by atoms with E-state index >= 15 is 0 Å². The van der Waals surface area contributed by atoms with Crippen molar-refractivity contribution < 1.29 is 32.5 Å². The number of carbonyl (C=O) groups excluding carboxylic acids is 1. The van der Waals surface area contributed by atoms with Crippen LogP contribution in [0, 0.1) is 13.8 Å². The summed E-state index contributed by atoms with van der Waals surface area (Å²) in [4.78, 5) is 15.4. The van der Waals surface area contributed by atoms with Crippen molar-refractivity contribution in [1.82, 2.24) is 15.1 Å². The zero-order chi connectivity index (χ0) is 26.6. The molecule has 1 amide bonds. The smallest absolute Gasteiger partial charge is 0.273 e. The lowest BCUT2D eigenvalue weighted by atomic mass is 9.93. The molecule has 196 valence electrons. The molecule has 2 atom stereocenters. The molecule has 2 aliphatic heterocycles. The zero-order valence-corrected chi connectivity index (χ0v) is 22.1. The number of hydrogen-bond acceptors (Lipinski definition) is 8. The quantitative estimate of drug-likeness (QED) is 0.500. The molecule has 1 fully saturated rings. The maximum atomic E-state index is 13.8. The van der Waals surface area contributed by atoms with Gasteiger partial charge < -0.3 is 24.2 Å². The van der Waals surface area contributed by atoms with Crippen molar-refractivity contribution in [3.8, 4) is 34.3 Å². The Morgan fingerprint density at radius 1 is 1.03 bits per heavy atom. The Balaban J connectivity index is 1.76. The van der Waals surface area contributed by atoms with Gasteiger partial charge in [0.1, 0.15) is 17.1 Å². The van der Waals surface area contributed by atoms with E-state index in [4.69, 9.17) is 14.2 Å². The van der Waals surface area contributed by atoms with Gasteiger partial charge in [0.25, 0.3) is 5.91 Å². The summed E-state index contributed by atoms with van der Waals surface area (Å²) in [5.74, 6) is 0.773. The average molecular weight is 528 g/mol. The normalized spacial score (nSPS) is 20.2. The lowest BCUT2D eigenvalue weighted by Crippen LogP contribution is -2.40. The van der Waals surface area contributed by atoms with E-state index in [0.717, 1.165) is 11.1 Å². The number of ether oxygens (including phenoxy) is 3. The number of phenols is 1. The van der Waals surface area contributed by atoms with Crippen LogP contribution in [0.4, 0.5) is 0 Å². The molecule has 0 aliphatic carbocycles. The minimum absolute atomic E-state index is 0.0143. The van der Waals surface area contributed by atoms with Crippen molar-refractivity contribution in [3.63, 3.8) is 0 Å². The molecular weight excluding hydrogens is 498 g/mol. The van der Waals surface area contributed by atoms with Crippen LogP contribution in [0.25, 0.3) is 11.3 Å². The number of fused-ring (bicyclic) bond motifs is 1. The van der Waals surface area contributed by atoms with Gasteiger partial charge in [-0.05, 0) is 61.2 Å². The monoisotopic (exact) mass is 527 g/mol. The number of aromatic hydroxyl groups is 1. The summed E-state index contributed by atoms with van der Waals surface area (Å²) in [6.07, 6.45) is 0.330. The molecule has 0 saturated carbocycles. The van der Waals surface area contributed by atoms with Crippen LogP contribution in [0.15, 0.2) is 24.3 Å². The van der Waals surface area contributed by atoms with Gasteiger partial charge in [0.2, 0.25) is 5.75 Å². The van der Waals surface area contributed by atoms with Gasteiger partial charge in [-0.3, -0.25) is 9.89 Å². The Labute approximate surface area is 215 Å². The van der Waals surface area contributed by atoms with E-state index in [1.54, 1.807) is 23.1 Å². The number of sulfone groups is 1. The summed E-state index contributed by atoms with van der Waals surface area (Å²) in [6, 6.07) is 5.77. The van der Waals surface area contributed by atoms with Crippen molar-refractivity contribution in [2.75, 3.05) is 32.8 Å². The summed E-state index contributed by atoms with van der Waals surface area (Å²) in [5.41, 5.74) is 4.23.